The van der Waals surface area contributed by atoms with Gasteiger partial charge in [-0.3, -0.25) is 14.7 Å². The first-order valence-electron chi connectivity index (χ1n) is 12.0. The minimum absolute atomic E-state index is 0.129. The van der Waals surface area contributed by atoms with Crippen LogP contribution in [0.5, 0.6) is 0 Å². The van der Waals surface area contributed by atoms with Gasteiger partial charge < -0.3 is 15.5 Å². The maximum absolute atomic E-state index is 12.7. The van der Waals surface area contributed by atoms with Crippen LogP contribution in [0.3, 0.4) is 0 Å². The van der Waals surface area contributed by atoms with Crippen molar-refractivity contribution in [2.75, 3.05) is 43.9 Å². The van der Waals surface area contributed by atoms with Crippen LogP contribution >= 0.6 is 0 Å². The molecule has 182 valence electrons. The quantitative estimate of drug-likeness (QED) is 0.409. The van der Waals surface area contributed by atoms with Crippen LogP contribution in [0.15, 0.2) is 85.3 Å². The lowest BCUT2D eigenvalue weighted by atomic mass is 10.1. The molecule has 8 heteroatoms. The van der Waals surface area contributed by atoms with Gasteiger partial charge in [-0.1, -0.05) is 12.1 Å². The molecule has 0 aliphatic carbocycles. The Balaban J connectivity index is 1.16. The summed E-state index contributed by atoms with van der Waals surface area (Å²) in [5.74, 6) is 0.369. The first-order valence-corrected chi connectivity index (χ1v) is 12.0. The number of anilines is 3. The zero-order chi connectivity index (χ0) is 24.7. The molecule has 2 aromatic heterocycles. The van der Waals surface area contributed by atoms with E-state index in [1.807, 2.05) is 66.7 Å². The normalized spacial score (nSPS) is 14.4. The topological polar surface area (TPSA) is 86.3 Å². The first kappa shape index (κ1) is 23.6. The number of amides is 1. The largest absolute Gasteiger partial charge is 0.324 e. The van der Waals surface area contributed by atoms with Crippen molar-refractivity contribution in [2.24, 2.45) is 0 Å². The molecule has 8 nitrogen and oxygen atoms in total. The van der Waals surface area contributed by atoms with Gasteiger partial charge in [0, 0.05) is 73.8 Å². The van der Waals surface area contributed by atoms with Crippen LogP contribution in [0.1, 0.15) is 15.9 Å². The molecule has 5 rings (SSSR count). The van der Waals surface area contributed by atoms with Gasteiger partial charge in [0.2, 0.25) is 5.95 Å². The molecule has 0 unspecified atom stereocenters. The fraction of sp³-hybridized carbons (Fsp3) is 0.214. The Labute approximate surface area is 211 Å². The summed E-state index contributed by atoms with van der Waals surface area (Å²) in [5, 5.41) is 6.18. The number of benzene rings is 2. The van der Waals surface area contributed by atoms with Crippen LogP contribution in [-0.4, -0.2) is 63.9 Å². The molecule has 0 saturated carbocycles. The fourth-order valence-corrected chi connectivity index (χ4v) is 4.10. The van der Waals surface area contributed by atoms with Gasteiger partial charge in [-0.25, -0.2) is 9.97 Å². The number of piperazine rings is 1. The van der Waals surface area contributed by atoms with E-state index in [1.54, 1.807) is 18.6 Å². The lowest BCUT2D eigenvalue weighted by Gasteiger charge is -2.32. The maximum Gasteiger partial charge on any atom is 0.255 e. The Morgan fingerprint density at radius 1 is 0.833 bits per heavy atom. The second-order valence-electron chi connectivity index (χ2n) is 8.93. The van der Waals surface area contributed by atoms with Crippen molar-refractivity contribution >= 4 is 23.2 Å². The molecule has 0 spiro atoms. The number of nitrogens with one attached hydrogen (secondary N) is 2. The van der Waals surface area contributed by atoms with E-state index in [0.29, 0.717) is 11.5 Å². The van der Waals surface area contributed by atoms with Crippen LogP contribution in [-0.2, 0) is 6.54 Å². The molecule has 3 heterocycles. The van der Waals surface area contributed by atoms with E-state index in [2.05, 4.69) is 42.4 Å². The van der Waals surface area contributed by atoms with Crippen LogP contribution in [0.25, 0.3) is 11.3 Å². The van der Waals surface area contributed by atoms with Gasteiger partial charge in [-0.05, 0) is 67.2 Å². The lowest BCUT2D eigenvalue weighted by Crippen LogP contribution is -2.43. The highest BCUT2D eigenvalue weighted by molar-refractivity contribution is 6.04. The van der Waals surface area contributed by atoms with E-state index in [-0.39, 0.29) is 5.91 Å². The third-order valence-electron chi connectivity index (χ3n) is 6.25. The minimum atomic E-state index is -0.129. The maximum atomic E-state index is 12.7. The van der Waals surface area contributed by atoms with Crippen molar-refractivity contribution in [3.63, 3.8) is 0 Å². The van der Waals surface area contributed by atoms with Crippen molar-refractivity contribution < 1.29 is 4.79 Å². The van der Waals surface area contributed by atoms with E-state index < -0.39 is 0 Å². The second-order valence-corrected chi connectivity index (χ2v) is 8.93. The number of nitrogens with zero attached hydrogens (tertiary/aromatic N) is 5. The molecule has 2 aromatic carbocycles. The monoisotopic (exact) mass is 479 g/mol. The Hall–Kier alpha value is -4.14. The van der Waals surface area contributed by atoms with Crippen molar-refractivity contribution in [2.45, 2.75) is 6.54 Å². The number of carbonyl (C=O) groups is 1. The SMILES string of the molecule is CN1CCN(Cc2ccc(C(=O)Nc3ccc(Nc4nccc(-c5ccncc5)n4)cc3)cc2)CC1. The van der Waals surface area contributed by atoms with Crippen LogP contribution in [0.2, 0.25) is 0 Å². The zero-order valence-electron chi connectivity index (χ0n) is 20.3. The van der Waals surface area contributed by atoms with Crippen molar-refractivity contribution in [3.8, 4) is 11.3 Å². The van der Waals surface area contributed by atoms with Gasteiger partial charge in [-0.2, -0.15) is 0 Å². The Kier molecular flexibility index (Phi) is 7.25. The van der Waals surface area contributed by atoms with Crippen molar-refractivity contribution in [1.82, 2.24) is 24.8 Å². The number of hydrogen-bond donors (Lipinski definition) is 2. The number of likely N-dealkylation sites (N-methyl/N-ethyl adjacent to an activating group) is 1. The number of carbonyl (C=O) groups excluding carboxylic acids is 1. The Morgan fingerprint density at radius 2 is 1.53 bits per heavy atom. The molecule has 1 fully saturated rings. The molecule has 36 heavy (non-hydrogen) atoms. The van der Waals surface area contributed by atoms with E-state index >= 15 is 0 Å². The number of aromatic nitrogens is 3. The fourth-order valence-electron chi connectivity index (χ4n) is 4.10. The van der Waals surface area contributed by atoms with Gasteiger partial charge in [0.1, 0.15) is 0 Å². The van der Waals surface area contributed by atoms with E-state index in [9.17, 15) is 4.79 Å². The van der Waals surface area contributed by atoms with Gasteiger partial charge in [0.05, 0.1) is 5.69 Å². The molecule has 0 bridgehead atoms. The molecular formula is C28H29N7O. The minimum Gasteiger partial charge on any atom is -0.324 e. The molecule has 4 aromatic rings. The summed E-state index contributed by atoms with van der Waals surface area (Å²) in [6.07, 6.45) is 5.19. The summed E-state index contributed by atoms with van der Waals surface area (Å²) >= 11 is 0. The van der Waals surface area contributed by atoms with Crippen LogP contribution in [0.4, 0.5) is 17.3 Å². The van der Waals surface area contributed by atoms with E-state index in [4.69, 9.17) is 0 Å². The second kappa shape index (κ2) is 11.1. The summed E-state index contributed by atoms with van der Waals surface area (Å²) in [4.78, 5) is 30.5. The van der Waals surface area contributed by atoms with Gasteiger partial charge in [-0.15, -0.1) is 0 Å². The zero-order valence-corrected chi connectivity index (χ0v) is 20.3. The van der Waals surface area contributed by atoms with E-state index in [0.717, 1.165) is 55.4 Å². The van der Waals surface area contributed by atoms with Crippen LogP contribution in [0, 0.1) is 0 Å². The molecule has 0 radical (unpaired) electrons. The average Bonchev–Trinajstić information content (AvgIpc) is 2.92. The Bertz CT molecular complexity index is 1290. The predicted octanol–water partition coefficient (Wildman–Crippen LogP) is 4.28. The van der Waals surface area contributed by atoms with Gasteiger partial charge in [0.15, 0.2) is 0 Å². The average molecular weight is 480 g/mol. The highest BCUT2D eigenvalue weighted by atomic mass is 16.1. The smallest absolute Gasteiger partial charge is 0.255 e. The molecule has 1 saturated heterocycles. The summed E-state index contributed by atoms with van der Waals surface area (Å²) in [7, 11) is 2.16. The van der Waals surface area contributed by atoms with Crippen molar-refractivity contribution in [1.29, 1.82) is 0 Å². The molecule has 0 atom stereocenters. The highest BCUT2D eigenvalue weighted by Crippen LogP contribution is 2.20. The summed E-state index contributed by atoms with van der Waals surface area (Å²) in [6.45, 7) is 5.26. The summed E-state index contributed by atoms with van der Waals surface area (Å²) < 4.78 is 0. The predicted molar refractivity (Wildman–Crippen MR) is 142 cm³/mol. The number of pyridine rings is 1. The molecular weight excluding hydrogens is 450 g/mol. The third kappa shape index (κ3) is 6.10. The molecule has 2 N–H and O–H groups in total. The standard InChI is InChI=1S/C28H29N7O/c1-34-16-18-35(19-17-34)20-21-2-4-23(5-3-21)27(36)31-24-6-8-25(9-7-24)32-28-30-15-12-26(33-28)22-10-13-29-14-11-22/h2-15H,16-20H2,1H3,(H,31,36)(H,30,32,33). The van der Waals surface area contributed by atoms with Gasteiger partial charge in [0.25, 0.3) is 5.91 Å². The Morgan fingerprint density at radius 3 is 2.25 bits per heavy atom. The van der Waals surface area contributed by atoms with Crippen LogP contribution < -0.4 is 10.6 Å². The molecule has 1 aliphatic rings. The van der Waals surface area contributed by atoms with Crippen molar-refractivity contribution in [3.05, 3.63) is 96.4 Å². The number of hydrogen-bond acceptors (Lipinski definition) is 7. The van der Waals surface area contributed by atoms with Gasteiger partial charge >= 0.3 is 0 Å². The number of rotatable bonds is 7. The molecule has 1 amide bonds. The lowest BCUT2D eigenvalue weighted by molar-refractivity contribution is 0.102. The van der Waals surface area contributed by atoms with E-state index in [1.165, 1.54) is 5.56 Å². The summed E-state index contributed by atoms with van der Waals surface area (Å²) in [6, 6.07) is 21.0. The summed E-state index contributed by atoms with van der Waals surface area (Å²) in [5.41, 5.74) is 5.20. The third-order valence-corrected chi connectivity index (χ3v) is 6.25. The first-order chi connectivity index (χ1) is 17.6. The molecule has 1 aliphatic heterocycles. The highest BCUT2D eigenvalue weighted by Gasteiger charge is 2.14.